The van der Waals surface area contributed by atoms with Crippen molar-refractivity contribution >= 4 is 11.5 Å². The van der Waals surface area contributed by atoms with Crippen molar-refractivity contribution in [3.63, 3.8) is 0 Å². The Morgan fingerprint density at radius 3 is 2.09 bits per heavy atom. The molecule has 2 atom stereocenters. The van der Waals surface area contributed by atoms with Crippen molar-refractivity contribution in [3.05, 3.63) is 71.8 Å². The van der Waals surface area contributed by atoms with E-state index in [0.717, 1.165) is 0 Å². The maximum Gasteiger partial charge on any atom is 0.431 e. The molecule has 1 heterocycles. The first-order chi connectivity index (χ1) is 11.0. The molecule has 0 aliphatic carbocycles. The molecule has 1 N–H and O–H groups in total. The Kier molecular flexibility index (Phi) is 3.90. The predicted octanol–water partition coefficient (Wildman–Crippen LogP) is 3.54. The molecule has 1 aliphatic heterocycles. The number of nitrogens with one attached hydrogen (secondary N) is 1. The second-order valence-corrected chi connectivity index (χ2v) is 5.22. The molecule has 0 spiro atoms. The number of benzene rings is 2. The van der Waals surface area contributed by atoms with Crippen LogP contribution in [0.3, 0.4) is 0 Å². The van der Waals surface area contributed by atoms with E-state index in [1.54, 1.807) is 60.7 Å². The van der Waals surface area contributed by atoms with Gasteiger partial charge in [0.2, 0.25) is 0 Å². The van der Waals surface area contributed by atoms with E-state index in [2.05, 4.69) is 10.5 Å². The number of hydrogen-bond donors (Lipinski definition) is 1. The van der Waals surface area contributed by atoms with Crippen molar-refractivity contribution in [2.24, 2.45) is 5.10 Å². The molecular formula is C17H13F3N2O. The van der Waals surface area contributed by atoms with Crippen LogP contribution in [0.1, 0.15) is 21.8 Å². The highest BCUT2D eigenvalue weighted by Gasteiger charge is 2.50. The molecule has 23 heavy (non-hydrogen) atoms. The molecule has 3 rings (SSSR count). The van der Waals surface area contributed by atoms with Gasteiger partial charge in [0, 0.05) is 5.56 Å². The summed E-state index contributed by atoms with van der Waals surface area (Å²) in [5.74, 6) is -1.58. The molecule has 0 unspecified atom stereocenters. The van der Waals surface area contributed by atoms with E-state index >= 15 is 0 Å². The first-order valence-electron chi connectivity index (χ1n) is 7.03. The van der Waals surface area contributed by atoms with Gasteiger partial charge in [0.05, 0.1) is 5.92 Å². The van der Waals surface area contributed by atoms with Gasteiger partial charge in [-0.15, -0.1) is 0 Å². The average Bonchev–Trinajstić information content (AvgIpc) is 3.01. The number of carbonyl (C=O) groups is 1. The zero-order valence-electron chi connectivity index (χ0n) is 11.9. The van der Waals surface area contributed by atoms with Crippen LogP contribution >= 0.6 is 0 Å². The van der Waals surface area contributed by atoms with Gasteiger partial charge in [0.15, 0.2) is 11.5 Å². The Morgan fingerprint density at radius 2 is 1.52 bits per heavy atom. The van der Waals surface area contributed by atoms with E-state index < -0.39 is 29.6 Å². The molecule has 0 saturated heterocycles. The van der Waals surface area contributed by atoms with Gasteiger partial charge < -0.3 is 0 Å². The van der Waals surface area contributed by atoms with Crippen LogP contribution in [-0.2, 0) is 0 Å². The molecule has 0 aromatic heterocycles. The van der Waals surface area contributed by atoms with Gasteiger partial charge in [-0.2, -0.15) is 18.3 Å². The zero-order chi connectivity index (χ0) is 16.4. The highest BCUT2D eigenvalue weighted by Crippen LogP contribution is 2.35. The standard InChI is InChI=1S/C17H13F3N2O/c18-17(19,20)16-13(11-7-3-1-4-8-11)14(21-22-16)15(23)12-9-5-2-6-10-12/h1-10,13-14,21H/t13-,14+/m1/s1. The van der Waals surface area contributed by atoms with Crippen molar-refractivity contribution in [3.8, 4) is 0 Å². The minimum Gasteiger partial charge on any atom is -0.298 e. The molecule has 0 bridgehead atoms. The third kappa shape index (κ3) is 2.97. The molecule has 0 fully saturated rings. The number of alkyl halides is 3. The normalized spacial score (nSPS) is 20.7. The molecule has 0 radical (unpaired) electrons. The zero-order valence-corrected chi connectivity index (χ0v) is 11.9. The third-order valence-corrected chi connectivity index (χ3v) is 3.74. The largest absolute Gasteiger partial charge is 0.431 e. The number of hydrazone groups is 1. The molecule has 3 nitrogen and oxygen atoms in total. The summed E-state index contributed by atoms with van der Waals surface area (Å²) in [6.07, 6.45) is -4.60. The average molecular weight is 318 g/mol. The maximum atomic E-state index is 13.3. The summed E-state index contributed by atoms with van der Waals surface area (Å²) in [5.41, 5.74) is 2.16. The molecule has 1 aliphatic rings. The van der Waals surface area contributed by atoms with Gasteiger partial charge >= 0.3 is 6.18 Å². The van der Waals surface area contributed by atoms with Gasteiger partial charge in [-0.05, 0) is 5.56 Å². The van der Waals surface area contributed by atoms with Crippen LogP contribution in [0.25, 0.3) is 0 Å². The van der Waals surface area contributed by atoms with Gasteiger partial charge in [-0.25, -0.2) is 0 Å². The van der Waals surface area contributed by atoms with Crippen LogP contribution < -0.4 is 5.43 Å². The SMILES string of the molecule is O=C(c1ccccc1)[C@H]1NN=C(C(F)(F)F)[C@@H]1c1ccccc1. The van der Waals surface area contributed by atoms with Crippen LogP contribution in [0.4, 0.5) is 13.2 Å². The van der Waals surface area contributed by atoms with Crippen LogP contribution in [0, 0.1) is 0 Å². The number of carbonyl (C=O) groups excluding carboxylic acids is 1. The lowest BCUT2D eigenvalue weighted by Gasteiger charge is -2.21. The highest BCUT2D eigenvalue weighted by atomic mass is 19.4. The van der Waals surface area contributed by atoms with Gasteiger partial charge in [0.1, 0.15) is 6.04 Å². The summed E-state index contributed by atoms with van der Waals surface area (Å²) in [5, 5.41) is 3.41. The fraction of sp³-hybridized carbons (Fsp3) is 0.176. The lowest BCUT2D eigenvalue weighted by molar-refractivity contribution is -0.0608. The first-order valence-corrected chi connectivity index (χ1v) is 7.03. The van der Waals surface area contributed by atoms with Crippen LogP contribution in [0.2, 0.25) is 0 Å². The van der Waals surface area contributed by atoms with Crippen molar-refractivity contribution in [2.75, 3.05) is 0 Å². The summed E-state index contributed by atoms with van der Waals surface area (Å²) in [4.78, 5) is 12.6. The predicted molar refractivity (Wildman–Crippen MR) is 80.4 cm³/mol. The lowest BCUT2D eigenvalue weighted by atomic mass is 9.84. The molecule has 2 aromatic carbocycles. The van der Waals surface area contributed by atoms with Crippen molar-refractivity contribution < 1.29 is 18.0 Å². The summed E-state index contributed by atoms with van der Waals surface area (Å²) in [6.45, 7) is 0. The molecule has 0 saturated carbocycles. The number of nitrogens with zero attached hydrogens (tertiary/aromatic N) is 1. The first kappa shape index (κ1) is 15.3. The van der Waals surface area contributed by atoms with Crippen molar-refractivity contribution in [2.45, 2.75) is 18.1 Å². The Morgan fingerprint density at radius 1 is 0.957 bits per heavy atom. The Bertz CT molecular complexity index is 727. The second-order valence-electron chi connectivity index (χ2n) is 5.22. The molecule has 2 aromatic rings. The molecule has 118 valence electrons. The number of rotatable bonds is 3. The van der Waals surface area contributed by atoms with E-state index in [9.17, 15) is 18.0 Å². The smallest absolute Gasteiger partial charge is 0.298 e. The summed E-state index contributed by atoms with van der Waals surface area (Å²) in [7, 11) is 0. The lowest BCUT2D eigenvalue weighted by Crippen LogP contribution is -2.39. The van der Waals surface area contributed by atoms with E-state index in [-0.39, 0.29) is 0 Å². The Hall–Kier alpha value is -2.63. The van der Waals surface area contributed by atoms with E-state index in [0.29, 0.717) is 11.1 Å². The Balaban J connectivity index is 2.00. The second kappa shape index (κ2) is 5.87. The van der Waals surface area contributed by atoms with Crippen LogP contribution in [0.5, 0.6) is 0 Å². The molecule has 0 amide bonds. The van der Waals surface area contributed by atoms with Gasteiger partial charge in [-0.1, -0.05) is 60.7 Å². The monoisotopic (exact) mass is 318 g/mol. The number of ketones is 1. The number of Topliss-reactive ketones (excluding diaryl/α,β-unsaturated/α-hetero) is 1. The van der Waals surface area contributed by atoms with Crippen LogP contribution in [0.15, 0.2) is 65.8 Å². The fourth-order valence-electron chi connectivity index (χ4n) is 2.68. The third-order valence-electron chi connectivity index (χ3n) is 3.74. The quantitative estimate of drug-likeness (QED) is 0.880. The summed E-state index contributed by atoms with van der Waals surface area (Å²) < 4.78 is 39.8. The highest BCUT2D eigenvalue weighted by molar-refractivity contribution is 6.08. The minimum atomic E-state index is -4.60. The van der Waals surface area contributed by atoms with Crippen LogP contribution in [-0.4, -0.2) is 23.7 Å². The maximum absolute atomic E-state index is 13.3. The molecular weight excluding hydrogens is 305 g/mol. The Labute approximate surface area is 130 Å². The number of hydrogen-bond acceptors (Lipinski definition) is 3. The fourth-order valence-corrected chi connectivity index (χ4v) is 2.68. The molecule has 6 heteroatoms. The van der Waals surface area contributed by atoms with Gasteiger partial charge in [-0.3, -0.25) is 10.2 Å². The van der Waals surface area contributed by atoms with E-state index in [1.807, 2.05) is 0 Å². The van der Waals surface area contributed by atoms with E-state index in [1.165, 1.54) is 0 Å². The number of halogens is 3. The van der Waals surface area contributed by atoms with E-state index in [4.69, 9.17) is 0 Å². The topological polar surface area (TPSA) is 41.5 Å². The summed E-state index contributed by atoms with van der Waals surface area (Å²) in [6, 6.07) is 15.3. The van der Waals surface area contributed by atoms with Gasteiger partial charge in [0.25, 0.3) is 0 Å². The van der Waals surface area contributed by atoms with Crippen molar-refractivity contribution in [1.29, 1.82) is 0 Å². The summed E-state index contributed by atoms with van der Waals surface area (Å²) >= 11 is 0. The van der Waals surface area contributed by atoms with Crippen molar-refractivity contribution in [1.82, 2.24) is 5.43 Å². The minimum absolute atomic E-state index is 0.351.